The predicted molar refractivity (Wildman–Crippen MR) is 74.3 cm³/mol. The number of hydrogen-bond donors (Lipinski definition) is 1. The maximum absolute atomic E-state index is 11.5. The average molecular weight is 258 g/mol. The van der Waals surface area contributed by atoms with Gasteiger partial charge in [0.25, 0.3) is 0 Å². The standard InChI is InChI=1S/C14H14N2OS/c17-14(6-5-12-3-1-8-15-11-12)16-9-7-13-4-2-10-18-13/h1-6,8,10-11H,7,9H2,(H,16,17). The number of nitrogens with zero attached hydrogens (tertiary/aromatic N) is 1. The number of amides is 1. The zero-order valence-corrected chi connectivity index (χ0v) is 10.7. The number of carbonyl (C=O) groups excluding carboxylic acids is 1. The molecule has 0 aliphatic heterocycles. The highest BCUT2D eigenvalue weighted by Crippen LogP contribution is 2.08. The van der Waals surface area contributed by atoms with Crippen molar-refractivity contribution in [2.45, 2.75) is 6.42 Å². The molecule has 1 amide bonds. The fourth-order valence-corrected chi connectivity index (χ4v) is 2.18. The summed E-state index contributed by atoms with van der Waals surface area (Å²) in [6, 6.07) is 7.84. The van der Waals surface area contributed by atoms with Gasteiger partial charge in [0.2, 0.25) is 5.91 Å². The number of aromatic nitrogens is 1. The molecule has 2 aromatic rings. The monoisotopic (exact) mass is 258 g/mol. The maximum Gasteiger partial charge on any atom is 0.244 e. The average Bonchev–Trinajstić information content (AvgIpc) is 2.91. The number of carbonyl (C=O) groups is 1. The van der Waals surface area contributed by atoms with Gasteiger partial charge in [-0.1, -0.05) is 12.1 Å². The van der Waals surface area contributed by atoms with Gasteiger partial charge in [-0.05, 0) is 35.6 Å². The second kappa shape index (κ2) is 6.71. The molecule has 0 aliphatic rings. The lowest BCUT2D eigenvalue weighted by molar-refractivity contribution is -0.116. The minimum atomic E-state index is -0.0737. The Hall–Kier alpha value is -1.94. The highest BCUT2D eigenvalue weighted by atomic mass is 32.1. The first kappa shape index (κ1) is 12.5. The molecule has 3 nitrogen and oxygen atoms in total. The molecule has 0 radical (unpaired) electrons. The van der Waals surface area contributed by atoms with Crippen LogP contribution < -0.4 is 5.32 Å². The smallest absolute Gasteiger partial charge is 0.244 e. The number of rotatable bonds is 5. The van der Waals surface area contributed by atoms with Gasteiger partial charge >= 0.3 is 0 Å². The Morgan fingerprint density at radius 1 is 1.39 bits per heavy atom. The summed E-state index contributed by atoms with van der Waals surface area (Å²) in [5.41, 5.74) is 0.922. The van der Waals surface area contributed by atoms with Crippen LogP contribution in [-0.2, 0) is 11.2 Å². The SMILES string of the molecule is O=C(C=Cc1cccnc1)NCCc1cccs1. The maximum atomic E-state index is 11.5. The van der Waals surface area contributed by atoms with Crippen LogP contribution in [0, 0.1) is 0 Å². The molecule has 2 heterocycles. The van der Waals surface area contributed by atoms with E-state index in [1.54, 1.807) is 29.8 Å². The van der Waals surface area contributed by atoms with Crippen molar-refractivity contribution in [2.24, 2.45) is 0 Å². The quantitative estimate of drug-likeness (QED) is 0.837. The molecule has 0 aliphatic carbocycles. The van der Waals surface area contributed by atoms with E-state index < -0.39 is 0 Å². The van der Waals surface area contributed by atoms with E-state index in [9.17, 15) is 4.79 Å². The molecule has 18 heavy (non-hydrogen) atoms. The molecule has 0 fully saturated rings. The molecule has 0 unspecified atom stereocenters. The molecule has 2 rings (SSSR count). The lowest BCUT2D eigenvalue weighted by atomic mass is 10.2. The molecule has 0 bridgehead atoms. The van der Waals surface area contributed by atoms with E-state index in [2.05, 4.69) is 16.4 Å². The Labute approximate surface area is 110 Å². The molecule has 1 N–H and O–H groups in total. The van der Waals surface area contributed by atoms with Gasteiger partial charge in [0.15, 0.2) is 0 Å². The summed E-state index contributed by atoms with van der Waals surface area (Å²) in [5.74, 6) is -0.0737. The van der Waals surface area contributed by atoms with Crippen LogP contribution >= 0.6 is 11.3 Å². The van der Waals surface area contributed by atoms with E-state index in [-0.39, 0.29) is 5.91 Å². The van der Waals surface area contributed by atoms with Gasteiger partial charge in [-0.3, -0.25) is 9.78 Å². The third kappa shape index (κ3) is 4.14. The van der Waals surface area contributed by atoms with Crippen molar-refractivity contribution < 1.29 is 4.79 Å². The molecule has 0 spiro atoms. The Bertz CT molecular complexity index is 506. The van der Waals surface area contributed by atoms with Crippen LogP contribution in [0.1, 0.15) is 10.4 Å². The highest BCUT2D eigenvalue weighted by Gasteiger charge is 1.96. The fraction of sp³-hybridized carbons (Fsp3) is 0.143. The number of thiophene rings is 1. The third-order valence-electron chi connectivity index (χ3n) is 2.36. The molecule has 0 aromatic carbocycles. The molecular weight excluding hydrogens is 244 g/mol. The zero-order valence-electron chi connectivity index (χ0n) is 9.87. The van der Waals surface area contributed by atoms with Gasteiger partial charge in [0, 0.05) is 29.9 Å². The van der Waals surface area contributed by atoms with Crippen molar-refractivity contribution in [2.75, 3.05) is 6.54 Å². The summed E-state index contributed by atoms with van der Waals surface area (Å²) in [6.45, 7) is 0.663. The first-order valence-electron chi connectivity index (χ1n) is 5.73. The van der Waals surface area contributed by atoms with Crippen LogP contribution in [0.4, 0.5) is 0 Å². The fourth-order valence-electron chi connectivity index (χ4n) is 1.47. The topological polar surface area (TPSA) is 42.0 Å². The van der Waals surface area contributed by atoms with E-state index in [0.29, 0.717) is 6.54 Å². The normalized spacial score (nSPS) is 10.7. The van der Waals surface area contributed by atoms with Crippen molar-refractivity contribution in [3.05, 3.63) is 58.6 Å². The highest BCUT2D eigenvalue weighted by molar-refractivity contribution is 7.09. The van der Waals surface area contributed by atoms with Gasteiger partial charge < -0.3 is 5.32 Å². The Morgan fingerprint density at radius 2 is 2.33 bits per heavy atom. The van der Waals surface area contributed by atoms with E-state index >= 15 is 0 Å². The van der Waals surface area contributed by atoms with Crippen molar-refractivity contribution in [3.8, 4) is 0 Å². The van der Waals surface area contributed by atoms with E-state index in [1.807, 2.05) is 23.6 Å². The summed E-state index contributed by atoms with van der Waals surface area (Å²) in [6.07, 6.45) is 7.59. The summed E-state index contributed by atoms with van der Waals surface area (Å²) >= 11 is 1.71. The van der Waals surface area contributed by atoms with Crippen LogP contribution in [0.25, 0.3) is 6.08 Å². The number of hydrogen-bond acceptors (Lipinski definition) is 3. The Balaban J connectivity index is 1.74. The van der Waals surface area contributed by atoms with Crippen molar-refractivity contribution in [3.63, 3.8) is 0 Å². The van der Waals surface area contributed by atoms with Crippen LogP contribution in [0.3, 0.4) is 0 Å². The van der Waals surface area contributed by atoms with Crippen LogP contribution in [0.5, 0.6) is 0 Å². The summed E-state index contributed by atoms with van der Waals surface area (Å²) < 4.78 is 0. The van der Waals surface area contributed by atoms with Crippen LogP contribution in [0.2, 0.25) is 0 Å². The first-order chi connectivity index (χ1) is 8.84. The second-order valence-corrected chi connectivity index (χ2v) is 4.77. The van der Waals surface area contributed by atoms with Gasteiger partial charge in [-0.2, -0.15) is 0 Å². The second-order valence-electron chi connectivity index (χ2n) is 3.74. The van der Waals surface area contributed by atoms with Crippen LogP contribution in [0.15, 0.2) is 48.1 Å². The van der Waals surface area contributed by atoms with Gasteiger partial charge in [-0.15, -0.1) is 11.3 Å². The van der Waals surface area contributed by atoms with Crippen LogP contribution in [-0.4, -0.2) is 17.4 Å². The molecule has 2 aromatic heterocycles. The third-order valence-corrected chi connectivity index (χ3v) is 3.30. The summed E-state index contributed by atoms with van der Waals surface area (Å²) in [4.78, 5) is 16.8. The van der Waals surface area contributed by atoms with Crippen molar-refractivity contribution in [1.82, 2.24) is 10.3 Å². The lowest BCUT2D eigenvalue weighted by Crippen LogP contribution is -2.23. The Morgan fingerprint density at radius 3 is 3.06 bits per heavy atom. The zero-order chi connectivity index (χ0) is 12.6. The molecule has 4 heteroatoms. The predicted octanol–water partition coefficient (Wildman–Crippen LogP) is 2.52. The van der Waals surface area contributed by atoms with Crippen molar-refractivity contribution in [1.29, 1.82) is 0 Å². The first-order valence-corrected chi connectivity index (χ1v) is 6.61. The van der Waals surface area contributed by atoms with Crippen molar-refractivity contribution >= 4 is 23.3 Å². The van der Waals surface area contributed by atoms with E-state index in [4.69, 9.17) is 0 Å². The van der Waals surface area contributed by atoms with Gasteiger partial charge in [-0.25, -0.2) is 0 Å². The minimum Gasteiger partial charge on any atom is -0.352 e. The van der Waals surface area contributed by atoms with Gasteiger partial charge in [0.1, 0.15) is 0 Å². The van der Waals surface area contributed by atoms with E-state index in [0.717, 1.165) is 12.0 Å². The molecule has 0 saturated carbocycles. The molecule has 0 atom stereocenters. The molecule has 92 valence electrons. The molecule has 0 saturated heterocycles. The van der Waals surface area contributed by atoms with E-state index in [1.165, 1.54) is 11.0 Å². The number of nitrogens with one attached hydrogen (secondary N) is 1. The lowest BCUT2D eigenvalue weighted by Gasteiger charge is -2.00. The minimum absolute atomic E-state index is 0.0737. The molecular formula is C14H14N2OS. The van der Waals surface area contributed by atoms with Gasteiger partial charge in [0.05, 0.1) is 0 Å². The summed E-state index contributed by atoms with van der Waals surface area (Å²) in [5, 5.41) is 4.89. The number of pyridine rings is 1. The summed E-state index contributed by atoms with van der Waals surface area (Å²) in [7, 11) is 0. The Kier molecular flexibility index (Phi) is 4.67. The largest absolute Gasteiger partial charge is 0.352 e.